The van der Waals surface area contributed by atoms with Gasteiger partial charge in [-0.3, -0.25) is 0 Å². The number of rotatable bonds is 7. The molecule has 3 rings (SSSR count). The lowest BCUT2D eigenvalue weighted by atomic mass is 10.2. The van der Waals surface area contributed by atoms with E-state index in [2.05, 4.69) is 20.3 Å². The van der Waals surface area contributed by atoms with E-state index in [1.165, 1.54) is 6.33 Å². The molecule has 0 aliphatic carbocycles. The van der Waals surface area contributed by atoms with Gasteiger partial charge >= 0.3 is 0 Å². The Morgan fingerprint density at radius 3 is 2.00 bits per heavy atom. The van der Waals surface area contributed by atoms with Gasteiger partial charge in [-0.2, -0.15) is 4.98 Å². The van der Waals surface area contributed by atoms with Crippen LogP contribution in [0.2, 0.25) is 0 Å². The van der Waals surface area contributed by atoms with Crippen LogP contribution in [0.3, 0.4) is 0 Å². The predicted molar refractivity (Wildman–Crippen MR) is 101 cm³/mol. The van der Waals surface area contributed by atoms with E-state index in [4.69, 9.17) is 18.9 Å². The average molecular weight is 368 g/mol. The van der Waals surface area contributed by atoms with Gasteiger partial charge < -0.3 is 24.3 Å². The first-order chi connectivity index (χ1) is 13.2. The molecule has 8 heteroatoms. The number of nitrogens with zero attached hydrogens (tertiary/aromatic N) is 3. The predicted octanol–water partition coefficient (Wildman–Crippen LogP) is 3.32. The molecule has 27 heavy (non-hydrogen) atoms. The zero-order valence-electron chi connectivity index (χ0n) is 15.5. The van der Waals surface area contributed by atoms with Crippen molar-refractivity contribution in [1.29, 1.82) is 0 Å². The molecule has 0 unspecified atom stereocenters. The van der Waals surface area contributed by atoms with Gasteiger partial charge in [0, 0.05) is 23.4 Å². The van der Waals surface area contributed by atoms with Gasteiger partial charge in [0.2, 0.25) is 11.7 Å². The van der Waals surface area contributed by atoms with Crippen LogP contribution in [-0.4, -0.2) is 43.4 Å². The van der Waals surface area contributed by atoms with E-state index >= 15 is 0 Å². The minimum absolute atomic E-state index is 0.394. The van der Waals surface area contributed by atoms with Gasteiger partial charge in [0.05, 0.1) is 28.4 Å². The summed E-state index contributed by atoms with van der Waals surface area (Å²) in [6.07, 6.45) is 1.45. The molecule has 0 bridgehead atoms. The SMILES string of the molecule is COc1ccc(-c2ncnc(Nc3cc(OC)c(OC)c(OC)c3)n2)cc1. The average Bonchev–Trinajstić information content (AvgIpc) is 2.73. The lowest BCUT2D eigenvalue weighted by Crippen LogP contribution is -2.02. The third-order valence-corrected chi connectivity index (χ3v) is 3.84. The van der Waals surface area contributed by atoms with Crippen molar-refractivity contribution in [2.75, 3.05) is 33.8 Å². The summed E-state index contributed by atoms with van der Waals surface area (Å²) in [4.78, 5) is 12.9. The van der Waals surface area contributed by atoms with Gasteiger partial charge in [0.25, 0.3) is 0 Å². The van der Waals surface area contributed by atoms with Crippen LogP contribution in [0.5, 0.6) is 23.0 Å². The molecule has 0 aliphatic heterocycles. The van der Waals surface area contributed by atoms with Crippen LogP contribution in [0.25, 0.3) is 11.4 Å². The van der Waals surface area contributed by atoms with Crippen LogP contribution >= 0.6 is 0 Å². The Morgan fingerprint density at radius 2 is 1.44 bits per heavy atom. The summed E-state index contributed by atoms with van der Waals surface area (Å²) in [5.41, 5.74) is 1.54. The van der Waals surface area contributed by atoms with Crippen LogP contribution in [0.15, 0.2) is 42.7 Å². The number of nitrogens with one attached hydrogen (secondary N) is 1. The van der Waals surface area contributed by atoms with E-state index in [1.54, 1.807) is 40.6 Å². The molecule has 3 aromatic rings. The molecule has 0 saturated heterocycles. The number of hydrogen-bond acceptors (Lipinski definition) is 8. The van der Waals surface area contributed by atoms with Gasteiger partial charge in [-0.25, -0.2) is 9.97 Å². The Balaban J connectivity index is 1.90. The van der Waals surface area contributed by atoms with Crippen LogP contribution in [0, 0.1) is 0 Å². The molecule has 0 aliphatic rings. The van der Waals surface area contributed by atoms with Crippen LogP contribution in [-0.2, 0) is 0 Å². The molecule has 2 aromatic carbocycles. The second-order valence-corrected chi connectivity index (χ2v) is 5.40. The van der Waals surface area contributed by atoms with Gasteiger partial charge in [-0.1, -0.05) is 0 Å². The fourth-order valence-electron chi connectivity index (χ4n) is 2.52. The molecule has 0 spiro atoms. The maximum Gasteiger partial charge on any atom is 0.230 e. The minimum Gasteiger partial charge on any atom is -0.497 e. The third kappa shape index (κ3) is 4.00. The van der Waals surface area contributed by atoms with Crippen molar-refractivity contribution < 1.29 is 18.9 Å². The molecule has 1 heterocycles. The lowest BCUT2D eigenvalue weighted by molar-refractivity contribution is 0.324. The van der Waals surface area contributed by atoms with E-state index in [9.17, 15) is 0 Å². The maximum absolute atomic E-state index is 5.36. The number of anilines is 2. The van der Waals surface area contributed by atoms with Crippen molar-refractivity contribution in [2.24, 2.45) is 0 Å². The fraction of sp³-hybridized carbons (Fsp3) is 0.211. The standard InChI is InChI=1S/C19H20N4O4/c1-24-14-7-5-12(6-8-14)18-20-11-21-19(23-18)22-13-9-15(25-2)17(27-4)16(10-13)26-3/h5-11H,1-4H3,(H,20,21,22,23). The van der Waals surface area contributed by atoms with Gasteiger partial charge in [-0.15, -0.1) is 0 Å². The molecular formula is C19H20N4O4. The van der Waals surface area contributed by atoms with Crippen molar-refractivity contribution in [3.8, 4) is 34.4 Å². The van der Waals surface area contributed by atoms with E-state index in [-0.39, 0.29) is 0 Å². The van der Waals surface area contributed by atoms with Gasteiger partial charge in [-0.05, 0) is 24.3 Å². The normalized spacial score (nSPS) is 10.2. The third-order valence-electron chi connectivity index (χ3n) is 3.84. The first kappa shape index (κ1) is 18.2. The number of aromatic nitrogens is 3. The Hall–Kier alpha value is -3.55. The van der Waals surface area contributed by atoms with Crippen LogP contribution in [0.1, 0.15) is 0 Å². The Kier molecular flexibility index (Phi) is 5.55. The van der Waals surface area contributed by atoms with Crippen molar-refractivity contribution in [3.05, 3.63) is 42.7 Å². The largest absolute Gasteiger partial charge is 0.497 e. The van der Waals surface area contributed by atoms with E-state index in [0.717, 1.165) is 11.3 Å². The van der Waals surface area contributed by atoms with Crippen molar-refractivity contribution in [2.45, 2.75) is 0 Å². The molecule has 0 atom stereocenters. The lowest BCUT2D eigenvalue weighted by Gasteiger charge is -2.14. The molecule has 1 N–H and O–H groups in total. The van der Waals surface area contributed by atoms with Crippen LogP contribution in [0.4, 0.5) is 11.6 Å². The van der Waals surface area contributed by atoms with E-state index in [0.29, 0.717) is 34.7 Å². The number of benzene rings is 2. The number of methoxy groups -OCH3 is 4. The topological polar surface area (TPSA) is 87.6 Å². The number of ether oxygens (including phenoxy) is 4. The molecule has 0 fully saturated rings. The molecule has 140 valence electrons. The van der Waals surface area contributed by atoms with Gasteiger partial charge in [0.1, 0.15) is 12.1 Å². The first-order valence-corrected chi connectivity index (χ1v) is 8.09. The quantitative estimate of drug-likeness (QED) is 0.679. The summed E-state index contributed by atoms with van der Waals surface area (Å²) in [7, 11) is 6.30. The highest BCUT2D eigenvalue weighted by Crippen LogP contribution is 2.40. The summed E-state index contributed by atoms with van der Waals surface area (Å²) < 4.78 is 21.2. The zero-order chi connectivity index (χ0) is 19.2. The summed E-state index contributed by atoms with van der Waals surface area (Å²) in [6.45, 7) is 0. The molecule has 0 saturated carbocycles. The maximum atomic E-state index is 5.36. The van der Waals surface area contributed by atoms with E-state index < -0.39 is 0 Å². The first-order valence-electron chi connectivity index (χ1n) is 8.09. The second kappa shape index (κ2) is 8.22. The van der Waals surface area contributed by atoms with Crippen molar-refractivity contribution >= 4 is 11.6 Å². The molecule has 0 radical (unpaired) electrons. The molecule has 8 nitrogen and oxygen atoms in total. The molecule has 0 amide bonds. The van der Waals surface area contributed by atoms with Gasteiger partial charge in [0.15, 0.2) is 17.3 Å². The Labute approximate surface area is 157 Å². The summed E-state index contributed by atoms with van der Waals surface area (Å²) in [5, 5.41) is 3.13. The smallest absolute Gasteiger partial charge is 0.230 e. The summed E-state index contributed by atoms with van der Waals surface area (Å²) >= 11 is 0. The van der Waals surface area contributed by atoms with E-state index in [1.807, 2.05) is 24.3 Å². The molecular weight excluding hydrogens is 348 g/mol. The second-order valence-electron chi connectivity index (χ2n) is 5.40. The zero-order valence-corrected chi connectivity index (χ0v) is 15.5. The fourth-order valence-corrected chi connectivity index (χ4v) is 2.52. The Bertz CT molecular complexity index is 891. The minimum atomic E-state index is 0.394. The Morgan fingerprint density at radius 1 is 0.778 bits per heavy atom. The highest BCUT2D eigenvalue weighted by Gasteiger charge is 2.14. The number of hydrogen-bond donors (Lipinski definition) is 1. The summed E-state index contributed by atoms with van der Waals surface area (Å²) in [5.74, 6) is 3.28. The molecule has 1 aromatic heterocycles. The van der Waals surface area contributed by atoms with Crippen molar-refractivity contribution in [3.63, 3.8) is 0 Å². The van der Waals surface area contributed by atoms with Crippen LogP contribution < -0.4 is 24.3 Å². The highest BCUT2D eigenvalue weighted by molar-refractivity contribution is 5.66. The highest BCUT2D eigenvalue weighted by atomic mass is 16.5. The van der Waals surface area contributed by atoms with Crippen molar-refractivity contribution in [1.82, 2.24) is 15.0 Å². The summed E-state index contributed by atoms with van der Waals surface area (Å²) in [6, 6.07) is 11.0. The monoisotopic (exact) mass is 368 g/mol.